The molecule has 1 aliphatic carbocycles. The molecule has 38 heavy (non-hydrogen) atoms. The number of benzene rings is 1. The van der Waals surface area contributed by atoms with Crippen LogP contribution in [0.25, 0.3) is 33.6 Å². The van der Waals surface area contributed by atoms with Crippen molar-refractivity contribution in [2.75, 3.05) is 27.8 Å². The first-order chi connectivity index (χ1) is 18.2. The summed E-state index contributed by atoms with van der Waals surface area (Å²) in [5, 5.41) is 3.98. The normalized spacial score (nSPS) is 14.1. The predicted octanol–water partition coefficient (Wildman–Crippen LogP) is 4.52. The maximum absolute atomic E-state index is 12.5. The molecular formula is C28H34N6O4. The Kier molecular flexibility index (Phi) is 6.73. The van der Waals surface area contributed by atoms with Crippen molar-refractivity contribution in [1.29, 1.82) is 0 Å². The summed E-state index contributed by atoms with van der Waals surface area (Å²) >= 11 is 0. The van der Waals surface area contributed by atoms with Crippen LogP contribution in [0, 0.1) is 5.92 Å². The smallest absolute Gasteiger partial charge is 0.338 e. The summed E-state index contributed by atoms with van der Waals surface area (Å²) in [7, 11) is 6.97. The van der Waals surface area contributed by atoms with Gasteiger partial charge in [-0.05, 0) is 62.9 Å². The van der Waals surface area contributed by atoms with Gasteiger partial charge in [0.25, 0.3) is 0 Å². The van der Waals surface area contributed by atoms with Gasteiger partial charge in [0, 0.05) is 33.1 Å². The van der Waals surface area contributed by atoms with Crippen molar-refractivity contribution in [3.8, 4) is 17.3 Å². The lowest BCUT2D eigenvalue weighted by atomic mass is 10.2. The summed E-state index contributed by atoms with van der Waals surface area (Å²) in [5.41, 5.74) is 4.45. The van der Waals surface area contributed by atoms with Gasteiger partial charge < -0.3 is 28.8 Å². The van der Waals surface area contributed by atoms with Crippen LogP contribution >= 0.6 is 0 Å². The van der Waals surface area contributed by atoms with Crippen LogP contribution in [-0.2, 0) is 18.3 Å². The van der Waals surface area contributed by atoms with Gasteiger partial charge in [-0.15, -0.1) is 0 Å². The van der Waals surface area contributed by atoms with Gasteiger partial charge in [0.2, 0.25) is 0 Å². The number of nitrogens with one attached hydrogen (secondary N) is 1. The highest BCUT2D eigenvalue weighted by molar-refractivity contribution is 5.97. The molecule has 1 atom stereocenters. The van der Waals surface area contributed by atoms with Crippen molar-refractivity contribution in [2.24, 2.45) is 13.0 Å². The Labute approximate surface area is 221 Å². The molecule has 1 fully saturated rings. The topological polar surface area (TPSA) is 104 Å². The molecule has 1 N–H and O–H groups in total. The molecule has 0 aliphatic heterocycles. The summed E-state index contributed by atoms with van der Waals surface area (Å²) in [6.45, 7) is 4.84. The third-order valence-electron chi connectivity index (χ3n) is 6.99. The minimum absolute atomic E-state index is 0.163. The highest BCUT2D eigenvalue weighted by Gasteiger charge is 2.27. The Hall–Kier alpha value is -4.08. The molecule has 10 heteroatoms. The van der Waals surface area contributed by atoms with Crippen LogP contribution in [0.5, 0.6) is 5.75 Å². The number of urea groups is 1. The average molecular weight is 519 g/mol. The third-order valence-corrected chi connectivity index (χ3v) is 6.99. The molecule has 200 valence electrons. The Morgan fingerprint density at radius 2 is 1.95 bits per heavy atom. The van der Waals surface area contributed by atoms with Gasteiger partial charge in [-0.2, -0.15) is 0 Å². The van der Waals surface area contributed by atoms with E-state index in [2.05, 4.69) is 16.0 Å². The highest BCUT2D eigenvalue weighted by atomic mass is 16.5. The molecule has 2 amide bonds. The summed E-state index contributed by atoms with van der Waals surface area (Å²) in [4.78, 5) is 36.1. The fourth-order valence-electron chi connectivity index (χ4n) is 4.73. The number of esters is 1. The van der Waals surface area contributed by atoms with Crippen molar-refractivity contribution in [1.82, 2.24) is 29.3 Å². The number of hydrogen-bond acceptors (Lipinski definition) is 6. The third kappa shape index (κ3) is 4.66. The molecule has 0 radical (unpaired) electrons. The number of imidazole rings is 1. The molecule has 0 saturated heterocycles. The Bertz CT molecular complexity index is 1530. The Morgan fingerprint density at radius 3 is 2.61 bits per heavy atom. The molecule has 0 bridgehead atoms. The van der Waals surface area contributed by atoms with E-state index < -0.39 is 5.97 Å². The number of methoxy groups -OCH3 is 1. The second kappa shape index (κ2) is 10.00. The van der Waals surface area contributed by atoms with Crippen LogP contribution in [-0.4, -0.2) is 63.8 Å². The molecule has 3 heterocycles. The van der Waals surface area contributed by atoms with Crippen molar-refractivity contribution < 1.29 is 19.1 Å². The number of aromatic nitrogens is 4. The van der Waals surface area contributed by atoms with E-state index in [0.717, 1.165) is 40.3 Å². The lowest BCUT2D eigenvalue weighted by Gasteiger charge is -2.18. The number of pyridine rings is 1. The minimum Gasteiger partial charge on any atom is -0.494 e. The molecule has 10 nitrogen and oxygen atoms in total. The predicted molar refractivity (Wildman–Crippen MR) is 145 cm³/mol. The number of fused-ring (bicyclic) bond motifs is 2. The zero-order valence-corrected chi connectivity index (χ0v) is 22.7. The van der Waals surface area contributed by atoms with E-state index in [1.165, 1.54) is 17.7 Å². The SMILES string of the molecule is CCOC(=O)c1cc(OC)c2c(c1)nc(-c1cc3ccc([C@@H](C)NC(=O)N(C)C)nc3n1CC1CC1)n2C. The van der Waals surface area contributed by atoms with Gasteiger partial charge in [0.05, 0.1) is 42.2 Å². The molecule has 4 aromatic rings. The van der Waals surface area contributed by atoms with E-state index in [0.29, 0.717) is 29.4 Å². The number of aryl methyl sites for hydroxylation is 1. The quantitative estimate of drug-likeness (QED) is 0.344. The molecule has 1 aromatic carbocycles. The number of ether oxygens (including phenoxy) is 2. The zero-order valence-electron chi connectivity index (χ0n) is 22.7. The molecular weight excluding hydrogens is 484 g/mol. The Balaban J connectivity index is 1.63. The maximum Gasteiger partial charge on any atom is 0.338 e. The van der Waals surface area contributed by atoms with Crippen LogP contribution in [0.3, 0.4) is 0 Å². The van der Waals surface area contributed by atoms with Crippen molar-refractivity contribution in [2.45, 2.75) is 39.3 Å². The fourth-order valence-corrected chi connectivity index (χ4v) is 4.73. The molecule has 0 unspecified atom stereocenters. The molecule has 3 aromatic heterocycles. The van der Waals surface area contributed by atoms with Gasteiger partial charge in [-0.1, -0.05) is 0 Å². The van der Waals surface area contributed by atoms with Crippen LogP contribution in [0.4, 0.5) is 4.79 Å². The van der Waals surface area contributed by atoms with Gasteiger partial charge in [-0.3, -0.25) is 0 Å². The number of amides is 2. The van der Waals surface area contributed by atoms with Gasteiger partial charge in [0.15, 0.2) is 5.82 Å². The van der Waals surface area contributed by atoms with Crippen molar-refractivity contribution in [3.05, 3.63) is 41.6 Å². The first-order valence-corrected chi connectivity index (χ1v) is 12.9. The number of nitrogens with zero attached hydrogens (tertiary/aromatic N) is 5. The van der Waals surface area contributed by atoms with Crippen molar-refractivity contribution >= 4 is 34.1 Å². The number of rotatable bonds is 8. The lowest BCUT2D eigenvalue weighted by molar-refractivity contribution is 0.0526. The van der Waals surface area contributed by atoms with Crippen LogP contribution < -0.4 is 10.1 Å². The summed E-state index contributed by atoms with van der Waals surface area (Å²) in [6.07, 6.45) is 2.38. The molecule has 1 aliphatic rings. The molecule has 1 saturated carbocycles. The summed E-state index contributed by atoms with van der Waals surface area (Å²) in [6, 6.07) is 9.15. The molecule has 5 rings (SSSR count). The number of carbonyl (C=O) groups excluding carboxylic acids is 2. The van der Waals surface area contributed by atoms with E-state index in [1.807, 2.05) is 30.7 Å². The first-order valence-electron chi connectivity index (χ1n) is 12.9. The summed E-state index contributed by atoms with van der Waals surface area (Å²) in [5.74, 6) is 1.51. The van der Waals surface area contributed by atoms with E-state index in [-0.39, 0.29) is 12.1 Å². The maximum atomic E-state index is 12.5. The lowest BCUT2D eigenvalue weighted by Crippen LogP contribution is -2.36. The second-order valence-electron chi connectivity index (χ2n) is 10.1. The highest BCUT2D eigenvalue weighted by Crippen LogP contribution is 2.37. The second-order valence-corrected chi connectivity index (χ2v) is 10.1. The van der Waals surface area contributed by atoms with E-state index in [4.69, 9.17) is 19.4 Å². The number of hydrogen-bond donors (Lipinski definition) is 1. The monoisotopic (exact) mass is 518 g/mol. The van der Waals surface area contributed by atoms with Crippen molar-refractivity contribution in [3.63, 3.8) is 0 Å². The standard InChI is InChI=1S/C28H34N6O4/c1-7-38-27(35)19-12-21-24(23(14-19)37-6)33(5)26(31-21)22-13-18-10-11-20(16(2)29-28(36)32(3)4)30-25(18)34(22)15-17-8-9-17/h10-14,16-17H,7-9,15H2,1-6H3,(H,29,36)/t16-/m1/s1. The van der Waals surface area contributed by atoms with Gasteiger partial charge in [-0.25, -0.2) is 19.6 Å². The minimum atomic E-state index is -0.407. The van der Waals surface area contributed by atoms with Crippen LogP contribution in [0.2, 0.25) is 0 Å². The largest absolute Gasteiger partial charge is 0.494 e. The molecule has 0 spiro atoms. The summed E-state index contributed by atoms with van der Waals surface area (Å²) < 4.78 is 15.1. The van der Waals surface area contributed by atoms with E-state index in [1.54, 1.807) is 40.3 Å². The Morgan fingerprint density at radius 1 is 1.18 bits per heavy atom. The fraction of sp³-hybridized carbons (Fsp3) is 0.429. The van der Waals surface area contributed by atoms with Gasteiger partial charge >= 0.3 is 12.0 Å². The van der Waals surface area contributed by atoms with E-state index in [9.17, 15) is 9.59 Å². The first kappa shape index (κ1) is 25.6. The van der Waals surface area contributed by atoms with Crippen LogP contribution in [0.15, 0.2) is 30.3 Å². The van der Waals surface area contributed by atoms with Gasteiger partial charge in [0.1, 0.15) is 16.9 Å². The van der Waals surface area contributed by atoms with Crippen LogP contribution in [0.1, 0.15) is 48.8 Å². The zero-order chi connectivity index (χ0) is 27.1. The van der Waals surface area contributed by atoms with E-state index >= 15 is 0 Å². The average Bonchev–Trinajstić information content (AvgIpc) is 3.57. The number of carbonyl (C=O) groups is 2.